The van der Waals surface area contributed by atoms with Crippen molar-refractivity contribution in [3.05, 3.63) is 0 Å². The Hall–Kier alpha value is -0.610. The van der Waals surface area contributed by atoms with Crippen LogP contribution < -0.4 is 5.73 Å². The van der Waals surface area contributed by atoms with Gasteiger partial charge in [-0.15, -0.1) is 0 Å². The molecule has 19 heavy (non-hydrogen) atoms. The molecular weight excluding hydrogens is 238 g/mol. The van der Waals surface area contributed by atoms with Crippen LogP contribution in [-0.2, 0) is 4.79 Å². The molecule has 2 aliphatic rings. The Labute approximate surface area is 117 Å². The summed E-state index contributed by atoms with van der Waals surface area (Å²) in [6, 6.07) is 0.125. The fraction of sp³-hybridized carbons (Fsp3) is 0.933. The Kier molecular flexibility index (Phi) is 4.51. The lowest BCUT2D eigenvalue weighted by molar-refractivity contribution is -0.134. The van der Waals surface area contributed by atoms with Gasteiger partial charge in [0.05, 0.1) is 5.54 Å². The van der Waals surface area contributed by atoms with Gasteiger partial charge < -0.3 is 15.5 Å². The van der Waals surface area contributed by atoms with Crippen molar-refractivity contribution in [1.29, 1.82) is 0 Å². The number of likely N-dealkylation sites (tertiary alicyclic amines) is 2. The number of rotatable bonds is 4. The van der Waals surface area contributed by atoms with Crippen LogP contribution in [0.1, 0.15) is 46.0 Å². The lowest BCUT2D eigenvalue weighted by Gasteiger charge is -2.34. The molecule has 0 aromatic carbocycles. The van der Waals surface area contributed by atoms with E-state index in [9.17, 15) is 4.79 Å². The molecule has 2 atom stereocenters. The third-order valence-corrected chi connectivity index (χ3v) is 5.06. The molecule has 0 aromatic rings. The van der Waals surface area contributed by atoms with Gasteiger partial charge in [0.1, 0.15) is 0 Å². The Morgan fingerprint density at radius 2 is 2.05 bits per heavy atom. The maximum absolute atomic E-state index is 12.3. The first-order valence-electron chi connectivity index (χ1n) is 7.66. The predicted octanol–water partition coefficient (Wildman–Crippen LogP) is 1.45. The number of amides is 1. The van der Waals surface area contributed by atoms with E-state index in [1.165, 1.54) is 25.9 Å². The van der Waals surface area contributed by atoms with Gasteiger partial charge >= 0.3 is 0 Å². The number of carbonyl (C=O) groups is 1. The van der Waals surface area contributed by atoms with E-state index in [0.717, 1.165) is 25.3 Å². The smallest absolute Gasteiger partial charge is 0.223 e. The van der Waals surface area contributed by atoms with Gasteiger partial charge in [0.15, 0.2) is 0 Å². The van der Waals surface area contributed by atoms with Crippen molar-refractivity contribution in [1.82, 2.24) is 9.80 Å². The van der Waals surface area contributed by atoms with Crippen LogP contribution in [0.3, 0.4) is 0 Å². The monoisotopic (exact) mass is 267 g/mol. The lowest BCUT2D eigenvalue weighted by atomic mass is 9.96. The molecule has 110 valence electrons. The number of hydrogen-bond donors (Lipinski definition) is 1. The molecule has 0 aromatic heterocycles. The second kappa shape index (κ2) is 5.80. The maximum Gasteiger partial charge on any atom is 0.223 e. The highest BCUT2D eigenvalue weighted by Gasteiger charge is 2.41. The molecule has 0 aliphatic carbocycles. The van der Waals surface area contributed by atoms with E-state index in [1.807, 2.05) is 4.90 Å². The lowest BCUT2D eigenvalue weighted by Crippen LogP contribution is -2.51. The highest BCUT2D eigenvalue weighted by atomic mass is 16.2. The standard InChI is InChI=1S/C15H29N3O/c1-15(2)13(16)8-10-18(15)14(19)6-4-5-12-7-9-17(3)11-12/h12-13H,4-11,16H2,1-3H3. The van der Waals surface area contributed by atoms with Crippen LogP contribution in [0, 0.1) is 5.92 Å². The molecule has 0 bridgehead atoms. The van der Waals surface area contributed by atoms with Crippen LogP contribution >= 0.6 is 0 Å². The molecule has 0 spiro atoms. The van der Waals surface area contributed by atoms with Gasteiger partial charge in [0.25, 0.3) is 0 Å². The van der Waals surface area contributed by atoms with Crippen LogP contribution in [-0.4, -0.2) is 54.0 Å². The summed E-state index contributed by atoms with van der Waals surface area (Å²) in [5.41, 5.74) is 5.92. The van der Waals surface area contributed by atoms with Crippen molar-refractivity contribution in [2.75, 3.05) is 26.7 Å². The van der Waals surface area contributed by atoms with Gasteiger partial charge in [-0.2, -0.15) is 0 Å². The normalized spacial score (nSPS) is 31.1. The molecule has 2 unspecified atom stereocenters. The van der Waals surface area contributed by atoms with Crippen LogP contribution in [0.4, 0.5) is 0 Å². The minimum absolute atomic E-state index is 0.125. The minimum Gasteiger partial charge on any atom is -0.336 e. The van der Waals surface area contributed by atoms with E-state index in [-0.39, 0.29) is 11.6 Å². The van der Waals surface area contributed by atoms with E-state index in [1.54, 1.807) is 0 Å². The predicted molar refractivity (Wildman–Crippen MR) is 77.8 cm³/mol. The van der Waals surface area contributed by atoms with E-state index < -0.39 is 0 Å². The van der Waals surface area contributed by atoms with Gasteiger partial charge in [-0.3, -0.25) is 4.79 Å². The average Bonchev–Trinajstić information content (AvgIpc) is 2.85. The van der Waals surface area contributed by atoms with Crippen molar-refractivity contribution in [3.63, 3.8) is 0 Å². The van der Waals surface area contributed by atoms with Crippen LogP contribution in [0.15, 0.2) is 0 Å². The SMILES string of the molecule is CN1CCC(CCCC(=O)N2CCC(N)C2(C)C)C1. The quantitative estimate of drug-likeness (QED) is 0.838. The molecule has 2 heterocycles. The van der Waals surface area contributed by atoms with Crippen molar-refractivity contribution >= 4 is 5.91 Å². The summed E-state index contributed by atoms with van der Waals surface area (Å²) in [6.45, 7) is 7.43. The Morgan fingerprint density at radius 3 is 2.58 bits per heavy atom. The summed E-state index contributed by atoms with van der Waals surface area (Å²) in [5.74, 6) is 1.09. The van der Waals surface area contributed by atoms with E-state index in [4.69, 9.17) is 5.73 Å². The van der Waals surface area contributed by atoms with E-state index in [0.29, 0.717) is 12.3 Å². The topological polar surface area (TPSA) is 49.6 Å². The molecule has 2 aliphatic heterocycles. The van der Waals surface area contributed by atoms with Crippen LogP contribution in [0.5, 0.6) is 0 Å². The summed E-state index contributed by atoms with van der Waals surface area (Å²) < 4.78 is 0. The average molecular weight is 267 g/mol. The highest BCUT2D eigenvalue weighted by molar-refractivity contribution is 5.77. The first-order chi connectivity index (χ1) is 8.91. The zero-order valence-corrected chi connectivity index (χ0v) is 12.7. The van der Waals surface area contributed by atoms with Crippen molar-refractivity contribution in [2.24, 2.45) is 11.7 Å². The Morgan fingerprint density at radius 1 is 1.32 bits per heavy atom. The largest absolute Gasteiger partial charge is 0.336 e. The Balaban J connectivity index is 1.73. The third-order valence-electron chi connectivity index (χ3n) is 5.06. The summed E-state index contributed by atoms with van der Waals surface area (Å²) >= 11 is 0. The highest BCUT2D eigenvalue weighted by Crippen LogP contribution is 2.29. The van der Waals surface area contributed by atoms with Crippen molar-refractivity contribution < 1.29 is 4.79 Å². The molecule has 2 fully saturated rings. The fourth-order valence-electron chi connectivity index (χ4n) is 3.49. The zero-order chi connectivity index (χ0) is 14.0. The molecular formula is C15H29N3O. The molecule has 2 rings (SSSR count). The van der Waals surface area contributed by atoms with E-state index in [2.05, 4.69) is 25.8 Å². The zero-order valence-electron chi connectivity index (χ0n) is 12.7. The third kappa shape index (κ3) is 3.29. The van der Waals surface area contributed by atoms with Gasteiger partial charge in [-0.25, -0.2) is 0 Å². The fourth-order valence-corrected chi connectivity index (χ4v) is 3.49. The summed E-state index contributed by atoms with van der Waals surface area (Å²) in [5, 5.41) is 0. The number of nitrogens with two attached hydrogens (primary N) is 1. The summed E-state index contributed by atoms with van der Waals surface area (Å²) in [7, 11) is 2.18. The Bertz CT molecular complexity index is 329. The van der Waals surface area contributed by atoms with Crippen molar-refractivity contribution in [3.8, 4) is 0 Å². The second-order valence-corrected chi connectivity index (χ2v) is 6.90. The van der Waals surface area contributed by atoms with Gasteiger partial charge in [-0.05, 0) is 59.0 Å². The van der Waals surface area contributed by atoms with Gasteiger partial charge in [-0.1, -0.05) is 0 Å². The molecule has 2 saturated heterocycles. The molecule has 4 heteroatoms. The summed E-state index contributed by atoms with van der Waals surface area (Å²) in [6.07, 6.45) is 5.14. The van der Waals surface area contributed by atoms with E-state index >= 15 is 0 Å². The number of nitrogens with zero attached hydrogens (tertiary/aromatic N) is 2. The second-order valence-electron chi connectivity index (χ2n) is 6.90. The summed E-state index contributed by atoms with van der Waals surface area (Å²) in [4.78, 5) is 16.7. The minimum atomic E-state index is -0.162. The molecule has 1 amide bonds. The molecule has 2 N–H and O–H groups in total. The number of hydrogen-bond acceptors (Lipinski definition) is 3. The van der Waals surface area contributed by atoms with Gasteiger partial charge in [0, 0.05) is 25.6 Å². The first-order valence-corrected chi connectivity index (χ1v) is 7.66. The van der Waals surface area contributed by atoms with Crippen LogP contribution in [0.2, 0.25) is 0 Å². The van der Waals surface area contributed by atoms with Gasteiger partial charge in [0.2, 0.25) is 5.91 Å². The maximum atomic E-state index is 12.3. The number of carbonyl (C=O) groups excluding carboxylic acids is 1. The first kappa shape index (κ1) is 14.8. The molecule has 4 nitrogen and oxygen atoms in total. The van der Waals surface area contributed by atoms with Crippen molar-refractivity contribution in [2.45, 2.75) is 57.5 Å². The van der Waals surface area contributed by atoms with Crippen LogP contribution in [0.25, 0.3) is 0 Å². The molecule has 0 saturated carbocycles. The molecule has 0 radical (unpaired) electrons.